The van der Waals surface area contributed by atoms with Crippen molar-refractivity contribution in [2.75, 3.05) is 18.8 Å². The Hall–Kier alpha value is -1.57. The number of hydrogen-bond acceptors (Lipinski definition) is 6. The highest BCUT2D eigenvalue weighted by Crippen LogP contribution is 2.41. The molecule has 0 spiro atoms. The maximum absolute atomic E-state index is 12.4. The lowest BCUT2D eigenvalue weighted by Gasteiger charge is -2.30. The normalized spacial score (nSPS) is 17.8. The van der Waals surface area contributed by atoms with Crippen LogP contribution in [0, 0.1) is 5.92 Å². The molecule has 0 saturated carbocycles. The van der Waals surface area contributed by atoms with E-state index >= 15 is 0 Å². The zero-order valence-corrected chi connectivity index (χ0v) is 16.7. The van der Waals surface area contributed by atoms with Crippen LogP contribution in [0.5, 0.6) is 0 Å². The number of thiophene rings is 1. The smallest absolute Gasteiger partial charge is 0.277 e. The predicted molar refractivity (Wildman–Crippen MR) is 106 cm³/mol. The standard InChI is InChI=1S/C18H18ClN3O2S2/c1-11-5-4-8-22(9-11)14(23)10-25-18-21-20-17(24-18)16-15(19)12-6-2-3-7-13(12)26-16/h2-3,6-7,11H,4-5,8-10H2,1H3/t11-/m1/s1. The van der Waals surface area contributed by atoms with Gasteiger partial charge in [0.15, 0.2) is 0 Å². The average Bonchev–Trinajstić information content (AvgIpc) is 3.25. The third kappa shape index (κ3) is 3.61. The molecule has 1 aliphatic rings. The minimum atomic E-state index is 0.126. The number of nitrogens with zero attached hydrogens (tertiary/aromatic N) is 3. The topological polar surface area (TPSA) is 59.2 Å². The maximum atomic E-state index is 12.4. The van der Waals surface area contributed by atoms with Gasteiger partial charge in [-0.1, -0.05) is 48.5 Å². The Labute approximate surface area is 164 Å². The first kappa shape index (κ1) is 17.8. The molecule has 3 heterocycles. The predicted octanol–water partition coefficient (Wildman–Crippen LogP) is 4.96. The molecular formula is C18H18ClN3O2S2. The summed E-state index contributed by atoms with van der Waals surface area (Å²) in [6.07, 6.45) is 2.27. The Morgan fingerprint density at radius 3 is 3.08 bits per heavy atom. The monoisotopic (exact) mass is 407 g/mol. The number of thioether (sulfide) groups is 1. The molecule has 1 amide bonds. The fraction of sp³-hybridized carbons (Fsp3) is 0.389. The first-order valence-electron chi connectivity index (χ1n) is 8.53. The highest BCUT2D eigenvalue weighted by atomic mass is 35.5. The van der Waals surface area contributed by atoms with Gasteiger partial charge in [0.1, 0.15) is 4.88 Å². The van der Waals surface area contributed by atoms with E-state index < -0.39 is 0 Å². The minimum absolute atomic E-state index is 0.126. The Morgan fingerprint density at radius 2 is 2.27 bits per heavy atom. The highest BCUT2D eigenvalue weighted by molar-refractivity contribution is 7.99. The largest absolute Gasteiger partial charge is 0.410 e. The number of benzene rings is 1. The fourth-order valence-corrected chi connectivity index (χ4v) is 5.24. The van der Waals surface area contributed by atoms with Crippen molar-refractivity contribution in [1.29, 1.82) is 0 Å². The molecule has 3 aromatic rings. The maximum Gasteiger partial charge on any atom is 0.277 e. The van der Waals surface area contributed by atoms with Crippen molar-refractivity contribution < 1.29 is 9.21 Å². The van der Waals surface area contributed by atoms with Crippen LogP contribution in [-0.4, -0.2) is 39.8 Å². The van der Waals surface area contributed by atoms with Gasteiger partial charge in [0, 0.05) is 23.2 Å². The van der Waals surface area contributed by atoms with Crippen LogP contribution in [0.2, 0.25) is 5.02 Å². The molecule has 4 rings (SSSR count). The van der Waals surface area contributed by atoms with Crippen molar-refractivity contribution in [1.82, 2.24) is 15.1 Å². The summed E-state index contributed by atoms with van der Waals surface area (Å²) in [5.41, 5.74) is 0. The number of piperidine rings is 1. The number of fused-ring (bicyclic) bond motifs is 1. The fourth-order valence-electron chi connectivity index (χ4n) is 3.14. The van der Waals surface area contributed by atoms with E-state index in [1.807, 2.05) is 29.2 Å². The first-order valence-corrected chi connectivity index (χ1v) is 10.7. The van der Waals surface area contributed by atoms with Crippen LogP contribution in [0.1, 0.15) is 19.8 Å². The van der Waals surface area contributed by atoms with Crippen LogP contribution in [0.4, 0.5) is 0 Å². The average molecular weight is 408 g/mol. The summed E-state index contributed by atoms with van der Waals surface area (Å²) in [6, 6.07) is 7.91. The molecular weight excluding hydrogens is 390 g/mol. The van der Waals surface area contributed by atoms with E-state index in [1.165, 1.54) is 29.5 Å². The van der Waals surface area contributed by atoms with E-state index in [0.29, 0.717) is 27.8 Å². The summed E-state index contributed by atoms with van der Waals surface area (Å²) < 4.78 is 6.81. The lowest BCUT2D eigenvalue weighted by molar-refractivity contribution is -0.130. The highest BCUT2D eigenvalue weighted by Gasteiger charge is 2.22. The summed E-state index contributed by atoms with van der Waals surface area (Å²) in [5.74, 6) is 1.41. The summed E-state index contributed by atoms with van der Waals surface area (Å²) >= 11 is 9.27. The van der Waals surface area contributed by atoms with Crippen molar-refractivity contribution in [3.63, 3.8) is 0 Å². The van der Waals surface area contributed by atoms with E-state index in [-0.39, 0.29) is 5.91 Å². The number of hydrogen-bond donors (Lipinski definition) is 0. The Kier molecular flexibility index (Phi) is 5.20. The van der Waals surface area contributed by atoms with Gasteiger partial charge in [-0.25, -0.2) is 0 Å². The van der Waals surface area contributed by atoms with Gasteiger partial charge in [0.25, 0.3) is 11.1 Å². The van der Waals surface area contributed by atoms with E-state index in [0.717, 1.165) is 34.5 Å². The van der Waals surface area contributed by atoms with Gasteiger partial charge in [-0.15, -0.1) is 21.5 Å². The molecule has 0 radical (unpaired) electrons. The molecule has 5 nitrogen and oxygen atoms in total. The van der Waals surface area contributed by atoms with Gasteiger partial charge in [-0.3, -0.25) is 4.79 Å². The van der Waals surface area contributed by atoms with E-state index in [2.05, 4.69) is 17.1 Å². The molecule has 1 aromatic carbocycles. The molecule has 26 heavy (non-hydrogen) atoms. The molecule has 0 unspecified atom stereocenters. The second-order valence-electron chi connectivity index (χ2n) is 6.49. The van der Waals surface area contributed by atoms with Gasteiger partial charge in [-0.2, -0.15) is 0 Å². The van der Waals surface area contributed by atoms with Crippen LogP contribution >= 0.6 is 34.7 Å². The molecule has 1 atom stereocenters. The molecule has 0 aliphatic carbocycles. The number of carbonyl (C=O) groups is 1. The van der Waals surface area contributed by atoms with Gasteiger partial charge < -0.3 is 9.32 Å². The Balaban J connectivity index is 1.44. The minimum Gasteiger partial charge on any atom is -0.410 e. The number of aromatic nitrogens is 2. The van der Waals surface area contributed by atoms with Gasteiger partial charge in [0.05, 0.1) is 10.8 Å². The summed E-state index contributed by atoms with van der Waals surface area (Å²) in [5, 5.41) is 10.2. The Morgan fingerprint density at radius 1 is 1.42 bits per heavy atom. The summed E-state index contributed by atoms with van der Waals surface area (Å²) in [4.78, 5) is 15.1. The third-order valence-corrected chi connectivity index (χ3v) is 6.93. The lowest BCUT2D eigenvalue weighted by Crippen LogP contribution is -2.40. The van der Waals surface area contributed by atoms with Crippen LogP contribution in [0.25, 0.3) is 20.9 Å². The Bertz CT molecular complexity index is 940. The lowest BCUT2D eigenvalue weighted by atomic mass is 10.0. The molecule has 2 aromatic heterocycles. The second kappa shape index (κ2) is 7.58. The van der Waals surface area contributed by atoms with Crippen LogP contribution in [0.3, 0.4) is 0 Å². The molecule has 1 saturated heterocycles. The van der Waals surface area contributed by atoms with Crippen molar-refractivity contribution >= 4 is 50.7 Å². The number of halogens is 1. The summed E-state index contributed by atoms with van der Waals surface area (Å²) in [7, 11) is 0. The third-order valence-electron chi connectivity index (χ3n) is 4.46. The molecule has 136 valence electrons. The van der Waals surface area contributed by atoms with Gasteiger partial charge >= 0.3 is 0 Å². The number of rotatable bonds is 4. The second-order valence-corrected chi connectivity index (χ2v) is 8.85. The van der Waals surface area contributed by atoms with Crippen molar-refractivity contribution in [3.05, 3.63) is 29.3 Å². The molecule has 0 N–H and O–H groups in total. The number of likely N-dealkylation sites (tertiary alicyclic amines) is 1. The SMILES string of the molecule is C[C@@H]1CCCN(C(=O)CSc2nnc(-c3sc4ccccc4c3Cl)o2)C1. The molecule has 1 aliphatic heterocycles. The first-order chi connectivity index (χ1) is 12.6. The molecule has 0 bridgehead atoms. The van der Waals surface area contributed by atoms with Gasteiger partial charge in [0.2, 0.25) is 5.91 Å². The van der Waals surface area contributed by atoms with Crippen molar-refractivity contribution in [3.8, 4) is 10.8 Å². The van der Waals surface area contributed by atoms with Crippen LogP contribution < -0.4 is 0 Å². The van der Waals surface area contributed by atoms with E-state index in [9.17, 15) is 4.79 Å². The zero-order chi connectivity index (χ0) is 18.1. The van der Waals surface area contributed by atoms with E-state index in [4.69, 9.17) is 16.0 Å². The molecule has 1 fully saturated rings. The number of amides is 1. The van der Waals surface area contributed by atoms with Crippen molar-refractivity contribution in [2.24, 2.45) is 5.92 Å². The van der Waals surface area contributed by atoms with Crippen LogP contribution in [0.15, 0.2) is 33.9 Å². The quantitative estimate of drug-likeness (QED) is 0.572. The van der Waals surface area contributed by atoms with Gasteiger partial charge in [-0.05, 0) is 24.8 Å². The number of carbonyl (C=O) groups excluding carboxylic acids is 1. The molecule has 8 heteroatoms. The van der Waals surface area contributed by atoms with Crippen LogP contribution in [-0.2, 0) is 4.79 Å². The zero-order valence-electron chi connectivity index (χ0n) is 14.3. The summed E-state index contributed by atoms with van der Waals surface area (Å²) in [6.45, 7) is 3.87. The van der Waals surface area contributed by atoms with Crippen molar-refractivity contribution in [2.45, 2.75) is 25.0 Å². The van der Waals surface area contributed by atoms with E-state index in [1.54, 1.807) is 0 Å².